The first-order valence-corrected chi connectivity index (χ1v) is 8.91. The third-order valence-corrected chi connectivity index (χ3v) is 4.64. The van der Waals surface area contributed by atoms with E-state index in [4.69, 9.17) is 0 Å². The van der Waals surface area contributed by atoms with Crippen molar-refractivity contribution in [3.05, 3.63) is 64.2 Å². The van der Waals surface area contributed by atoms with Crippen LogP contribution in [0.2, 0.25) is 0 Å². The third-order valence-electron chi connectivity index (χ3n) is 3.75. The van der Waals surface area contributed by atoms with E-state index in [-0.39, 0.29) is 5.69 Å². The molecule has 1 aromatic heterocycles. The van der Waals surface area contributed by atoms with E-state index in [9.17, 15) is 10.1 Å². The Kier molecular flexibility index (Phi) is 5.35. The lowest BCUT2D eigenvalue weighted by atomic mass is 10.1. The molecule has 0 aliphatic heterocycles. The van der Waals surface area contributed by atoms with E-state index < -0.39 is 4.92 Å². The fourth-order valence-corrected chi connectivity index (χ4v) is 3.16. The van der Waals surface area contributed by atoms with Gasteiger partial charge in [0.25, 0.3) is 5.69 Å². The molecule has 0 unspecified atom stereocenters. The van der Waals surface area contributed by atoms with Crippen LogP contribution in [0.4, 0.5) is 16.5 Å². The van der Waals surface area contributed by atoms with Crippen LogP contribution in [0.15, 0.2) is 48.5 Å². The molecular formula is C18H18N4O2S. The molecule has 3 rings (SSSR count). The van der Waals surface area contributed by atoms with Crippen molar-refractivity contribution < 1.29 is 4.92 Å². The summed E-state index contributed by atoms with van der Waals surface area (Å²) < 4.78 is 0. The van der Waals surface area contributed by atoms with Crippen molar-refractivity contribution in [3.8, 4) is 10.6 Å². The van der Waals surface area contributed by atoms with E-state index in [1.807, 2.05) is 12.1 Å². The summed E-state index contributed by atoms with van der Waals surface area (Å²) in [5.41, 5.74) is 3.00. The number of hydrogen-bond donors (Lipinski definition) is 1. The first-order valence-electron chi connectivity index (χ1n) is 8.10. The Hall–Kier alpha value is -2.80. The number of anilines is 2. The lowest BCUT2D eigenvalue weighted by molar-refractivity contribution is -0.384. The number of nitro benzene ring substituents is 1. The maximum atomic E-state index is 10.9. The van der Waals surface area contributed by atoms with Gasteiger partial charge < -0.3 is 5.32 Å². The monoisotopic (exact) mass is 354 g/mol. The highest BCUT2D eigenvalue weighted by atomic mass is 32.1. The average molecular weight is 354 g/mol. The highest BCUT2D eigenvalue weighted by molar-refractivity contribution is 7.18. The molecule has 7 heteroatoms. The number of nitrogens with one attached hydrogen (secondary N) is 1. The quantitative estimate of drug-likeness (QED) is 0.466. The molecule has 3 aromatic rings. The van der Waals surface area contributed by atoms with Gasteiger partial charge in [0.1, 0.15) is 5.01 Å². The van der Waals surface area contributed by atoms with Crippen LogP contribution in [0.1, 0.15) is 25.3 Å². The summed E-state index contributed by atoms with van der Waals surface area (Å²) in [6.07, 6.45) is 3.47. The summed E-state index contributed by atoms with van der Waals surface area (Å²) in [6.45, 7) is 2.18. The van der Waals surface area contributed by atoms with Crippen molar-refractivity contribution >= 4 is 27.8 Å². The van der Waals surface area contributed by atoms with Crippen molar-refractivity contribution in [1.82, 2.24) is 10.2 Å². The molecule has 128 valence electrons. The van der Waals surface area contributed by atoms with Gasteiger partial charge in [0.2, 0.25) is 5.13 Å². The summed E-state index contributed by atoms with van der Waals surface area (Å²) in [5.74, 6) is 0. The van der Waals surface area contributed by atoms with Crippen molar-refractivity contribution in [3.63, 3.8) is 0 Å². The Morgan fingerprint density at radius 1 is 1.16 bits per heavy atom. The van der Waals surface area contributed by atoms with Gasteiger partial charge in [0.15, 0.2) is 0 Å². The number of hydrogen-bond acceptors (Lipinski definition) is 6. The maximum absolute atomic E-state index is 10.9. The van der Waals surface area contributed by atoms with Crippen molar-refractivity contribution in [1.29, 1.82) is 0 Å². The smallest absolute Gasteiger partial charge is 0.270 e. The molecule has 0 radical (unpaired) electrons. The summed E-state index contributed by atoms with van der Waals surface area (Å²) in [4.78, 5) is 10.5. The summed E-state index contributed by atoms with van der Waals surface area (Å²) in [7, 11) is 0. The van der Waals surface area contributed by atoms with E-state index in [0.717, 1.165) is 12.1 Å². The number of nitrogens with zero attached hydrogens (tertiary/aromatic N) is 3. The highest BCUT2D eigenvalue weighted by Crippen LogP contribution is 2.30. The lowest BCUT2D eigenvalue weighted by Crippen LogP contribution is -1.90. The molecule has 2 aromatic carbocycles. The van der Waals surface area contributed by atoms with Gasteiger partial charge in [-0.1, -0.05) is 48.9 Å². The predicted molar refractivity (Wildman–Crippen MR) is 100 cm³/mol. The molecule has 0 saturated carbocycles. The van der Waals surface area contributed by atoms with Gasteiger partial charge in [0.05, 0.1) is 4.92 Å². The maximum Gasteiger partial charge on any atom is 0.270 e. The Balaban J connectivity index is 1.71. The summed E-state index contributed by atoms with van der Waals surface area (Å²) >= 11 is 1.36. The van der Waals surface area contributed by atoms with Crippen molar-refractivity contribution in [2.24, 2.45) is 0 Å². The number of aryl methyl sites for hydroxylation is 1. The zero-order valence-electron chi connectivity index (χ0n) is 13.8. The number of nitro groups is 1. The minimum absolute atomic E-state index is 0.0462. The molecule has 25 heavy (non-hydrogen) atoms. The van der Waals surface area contributed by atoms with Crippen molar-refractivity contribution in [2.45, 2.75) is 26.2 Å². The largest absolute Gasteiger partial charge is 0.330 e. The van der Waals surface area contributed by atoms with E-state index in [1.54, 1.807) is 12.1 Å². The van der Waals surface area contributed by atoms with Crippen LogP contribution in [0.5, 0.6) is 0 Å². The Labute approximate surface area is 149 Å². The number of rotatable bonds is 7. The van der Waals surface area contributed by atoms with Gasteiger partial charge in [-0.25, -0.2) is 0 Å². The number of unbranched alkanes of at least 4 members (excludes halogenated alkanes) is 1. The molecular weight excluding hydrogens is 336 g/mol. The van der Waals surface area contributed by atoms with E-state index in [2.05, 4.69) is 34.6 Å². The molecule has 0 spiro atoms. The molecule has 1 N–H and O–H groups in total. The first kappa shape index (κ1) is 17.0. The van der Waals surface area contributed by atoms with E-state index >= 15 is 0 Å². The second-order valence-electron chi connectivity index (χ2n) is 5.65. The second-order valence-corrected chi connectivity index (χ2v) is 6.62. The zero-order chi connectivity index (χ0) is 17.6. The molecule has 0 fully saturated rings. The Morgan fingerprint density at radius 3 is 2.68 bits per heavy atom. The van der Waals surface area contributed by atoms with Crippen LogP contribution in [-0.2, 0) is 6.42 Å². The van der Waals surface area contributed by atoms with Gasteiger partial charge in [-0.3, -0.25) is 10.1 Å². The molecule has 6 nitrogen and oxygen atoms in total. The molecule has 0 aliphatic rings. The molecule has 0 amide bonds. The van der Waals surface area contributed by atoms with Crippen LogP contribution < -0.4 is 5.32 Å². The van der Waals surface area contributed by atoms with E-state index in [1.165, 1.54) is 41.9 Å². The van der Waals surface area contributed by atoms with Gasteiger partial charge in [-0.05, 0) is 30.5 Å². The van der Waals surface area contributed by atoms with Gasteiger partial charge >= 0.3 is 0 Å². The summed E-state index contributed by atoms with van der Waals surface area (Å²) in [6, 6.07) is 14.7. The highest BCUT2D eigenvalue weighted by Gasteiger charge is 2.11. The lowest BCUT2D eigenvalue weighted by Gasteiger charge is -2.04. The molecule has 0 saturated heterocycles. The first-order chi connectivity index (χ1) is 12.2. The minimum atomic E-state index is -0.413. The van der Waals surface area contributed by atoms with Gasteiger partial charge in [-0.15, -0.1) is 10.2 Å². The van der Waals surface area contributed by atoms with Crippen LogP contribution in [0.3, 0.4) is 0 Å². The topological polar surface area (TPSA) is 81.0 Å². The minimum Gasteiger partial charge on any atom is -0.330 e. The standard InChI is InChI=1S/C18H18N4O2S/c1-2-3-5-13-8-10-15(11-9-13)19-18-21-20-17(25-18)14-6-4-7-16(12-14)22(23)24/h4,6-12H,2-3,5H2,1H3,(H,19,21). The third kappa shape index (κ3) is 4.39. The molecule has 1 heterocycles. The molecule has 0 aliphatic carbocycles. The van der Waals surface area contributed by atoms with Crippen LogP contribution >= 0.6 is 11.3 Å². The number of non-ortho nitro benzene ring substituents is 1. The fraction of sp³-hybridized carbons (Fsp3) is 0.222. The predicted octanol–water partition coefficient (Wildman–Crippen LogP) is 5.20. The van der Waals surface area contributed by atoms with Crippen LogP contribution in [0, 0.1) is 10.1 Å². The Morgan fingerprint density at radius 2 is 1.96 bits per heavy atom. The zero-order valence-corrected chi connectivity index (χ0v) is 14.6. The average Bonchev–Trinajstić information content (AvgIpc) is 3.10. The SMILES string of the molecule is CCCCc1ccc(Nc2nnc(-c3cccc([N+](=O)[O-])c3)s2)cc1. The van der Waals surface area contributed by atoms with Crippen LogP contribution in [0.25, 0.3) is 10.6 Å². The van der Waals surface area contributed by atoms with E-state index in [0.29, 0.717) is 15.7 Å². The molecule has 0 bridgehead atoms. The summed E-state index contributed by atoms with van der Waals surface area (Å²) in [5, 5.41) is 23.7. The van der Waals surface area contributed by atoms with Gasteiger partial charge in [0, 0.05) is 23.4 Å². The second kappa shape index (κ2) is 7.85. The Bertz CT molecular complexity index is 862. The van der Waals surface area contributed by atoms with Crippen molar-refractivity contribution in [2.75, 3.05) is 5.32 Å². The number of aromatic nitrogens is 2. The van der Waals surface area contributed by atoms with Crippen LogP contribution in [-0.4, -0.2) is 15.1 Å². The fourth-order valence-electron chi connectivity index (χ4n) is 2.40. The van der Waals surface area contributed by atoms with Gasteiger partial charge in [-0.2, -0.15) is 0 Å². The normalized spacial score (nSPS) is 10.6. The number of benzene rings is 2. The molecule has 0 atom stereocenters.